The quantitative estimate of drug-likeness (QED) is 0.173. The molecular weight excluding hydrogens is 617 g/mol. The number of furan rings is 1. The van der Waals surface area contributed by atoms with Gasteiger partial charge in [0.2, 0.25) is 0 Å². The van der Waals surface area contributed by atoms with Crippen LogP contribution in [0.2, 0.25) is 0 Å². The van der Waals surface area contributed by atoms with Crippen LogP contribution in [0.1, 0.15) is 11.0 Å². The molecule has 0 N–H and O–H groups in total. The van der Waals surface area contributed by atoms with Crippen molar-refractivity contribution < 1.29 is 15.4 Å². The Morgan fingerprint density at radius 1 is 0.353 bits per heavy atom. The SMILES string of the molecule is [2H]c1c([2H])c([2H])c2c(-c3cccc4ccccc34)c3c([2H])c([2H])c([2H])c([2H])c3c(-c3cc(-c4ccc5c(c4)oc4ccc6ccccc6c45)c4ccccc4c3)c2c1[2H]. The molecule has 0 saturated heterocycles. The van der Waals surface area contributed by atoms with Gasteiger partial charge in [-0.1, -0.05) is 151 Å². The zero-order valence-corrected chi connectivity index (χ0v) is 27.1. The van der Waals surface area contributed by atoms with Crippen LogP contribution in [0.4, 0.5) is 0 Å². The molecule has 0 aliphatic heterocycles. The maximum absolute atomic E-state index is 9.52. The van der Waals surface area contributed by atoms with Gasteiger partial charge in [0, 0.05) is 10.8 Å². The van der Waals surface area contributed by atoms with E-state index in [4.69, 9.17) is 9.90 Å². The lowest BCUT2D eigenvalue weighted by atomic mass is 9.83. The minimum Gasteiger partial charge on any atom is -0.456 e. The summed E-state index contributed by atoms with van der Waals surface area (Å²) in [5.74, 6) is 0. The highest BCUT2D eigenvalue weighted by molar-refractivity contribution is 6.24. The second-order valence-electron chi connectivity index (χ2n) is 13.0. The van der Waals surface area contributed by atoms with Crippen molar-refractivity contribution >= 4 is 75.8 Å². The zero-order chi connectivity index (χ0) is 40.4. The van der Waals surface area contributed by atoms with Crippen LogP contribution >= 0.6 is 0 Å². The smallest absolute Gasteiger partial charge is 0.136 e. The first-order valence-electron chi connectivity index (χ1n) is 20.9. The minimum absolute atomic E-state index is 0.178. The highest BCUT2D eigenvalue weighted by Gasteiger charge is 2.20. The summed E-state index contributed by atoms with van der Waals surface area (Å²) in [6, 6.07) is 40.7. The molecule has 0 aliphatic carbocycles. The summed E-state index contributed by atoms with van der Waals surface area (Å²) in [5, 5.41) is 8.41. The molecular formula is C50H30O. The molecule has 51 heavy (non-hydrogen) atoms. The molecule has 0 fully saturated rings. The molecule has 1 aromatic heterocycles. The Kier molecular flexibility index (Phi) is 4.57. The summed E-state index contributed by atoms with van der Waals surface area (Å²) in [6.45, 7) is 0. The molecule has 10 aromatic carbocycles. The largest absolute Gasteiger partial charge is 0.456 e. The third-order valence-electron chi connectivity index (χ3n) is 10.3. The van der Waals surface area contributed by atoms with Crippen molar-refractivity contribution in [2.75, 3.05) is 0 Å². The summed E-state index contributed by atoms with van der Waals surface area (Å²) in [6.07, 6.45) is 0. The van der Waals surface area contributed by atoms with Crippen molar-refractivity contribution in [3.63, 3.8) is 0 Å². The highest BCUT2D eigenvalue weighted by atomic mass is 16.3. The third-order valence-corrected chi connectivity index (χ3v) is 10.3. The van der Waals surface area contributed by atoms with Crippen LogP contribution in [0.15, 0.2) is 186 Å². The molecule has 236 valence electrons. The lowest BCUT2D eigenvalue weighted by Gasteiger charge is -2.20. The van der Waals surface area contributed by atoms with Crippen molar-refractivity contribution in [1.82, 2.24) is 0 Å². The average Bonchev–Trinajstić information content (AvgIpc) is 3.66. The zero-order valence-electron chi connectivity index (χ0n) is 35.1. The predicted molar refractivity (Wildman–Crippen MR) is 218 cm³/mol. The van der Waals surface area contributed by atoms with E-state index in [-0.39, 0.29) is 45.7 Å². The van der Waals surface area contributed by atoms with Crippen molar-refractivity contribution in [3.05, 3.63) is 182 Å². The first kappa shape index (κ1) is 21.4. The van der Waals surface area contributed by atoms with Crippen molar-refractivity contribution in [1.29, 1.82) is 0 Å². The fourth-order valence-corrected chi connectivity index (χ4v) is 8.03. The topological polar surface area (TPSA) is 13.1 Å². The minimum atomic E-state index is -0.434. The summed E-state index contributed by atoms with van der Waals surface area (Å²) in [7, 11) is 0. The Hall–Kier alpha value is -6.70. The summed E-state index contributed by atoms with van der Waals surface area (Å²) < 4.78 is 80.1. The molecule has 1 heterocycles. The number of hydrogen-bond acceptors (Lipinski definition) is 1. The Morgan fingerprint density at radius 2 is 0.941 bits per heavy atom. The van der Waals surface area contributed by atoms with Gasteiger partial charge in [0.15, 0.2) is 0 Å². The van der Waals surface area contributed by atoms with E-state index < -0.39 is 24.2 Å². The standard InChI is InChI=1S/C50H30O/c1-4-16-36-31(12-1)15-11-23-39(36)49-42-21-9-7-19-40(42)48(41-20-8-10-22-43(41)49)35-28-33-14-3-5-17-37(33)45(29-35)34-24-26-44-47(30-34)51-46-27-25-32-13-2-6-18-38(32)50(44)46/h1-30H/i7D,8D,9D,10D,19D,20D,21D,22D. The van der Waals surface area contributed by atoms with Gasteiger partial charge in [0.1, 0.15) is 11.2 Å². The van der Waals surface area contributed by atoms with E-state index in [1.54, 1.807) is 0 Å². The monoisotopic (exact) mass is 654 g/mol. The van der Waals surface area contributed by atoms with Gasteiger partial charge >= 0.3 is 0 Å². The van der Waals surface area contributed by atoms with E-state index >= 15 is 0 Å². The fraction of sp³-hybridized carbons (Fsp3) is 0. The second kappa shape index (κ2) is 10.9. The normalized spacial score (nSPS) is 14.1. The Labute approximate surface area is 305 Å². The summed E-state index contributed by atoms with van der Waals surface area (Å²) in [5.41, 5.74) is 4.95. The molecule has 1 heteroatoms. The Balaban J connectivity index is 1.30. The maximum Gasteiger partial charge on any atom is 0.136 e. The molecule has 0 radical (unpaired) electrons. The van der Waals surface area contributed by atoms with Gasteiger partial charge in [0.25, 0.3) is 0 Å². The number of hydrogen-bond donors (Lipinski definition) is 0. The molecule has 0 amide bonds. The number of benzene rings is 10. The highest BCUT2D eigenvalue weighted by Crippen LogP contribution is 2.47. The van der Waals surface area contributed by atoms with Crippen molar-refractivity contribution in [3.8, 4) is 33.4 Å². The molecule has 11 aromatic rings. The van der Waals surface area contributed by atoms with E-state index in [1.165, 1.54) is 0 Å². The van der Waals surface area contributed by atoms with E-state index in [0.717, 1.165) is 59.8 Å². The summed E-state index contributed by atoms with van der Waals surface area (Å²) in [4.78, 5) is 0. The van der Waals surface area contributed by atoms with E-state index in [9.17, 15) is 5.48 Å². The molecule has 1 nitrogen and oxygen atoms in total. The number of rotatable bonds is 3. The molecule has 0 bridgehead atoms. The second-order valence-corrected chi connectivity index (χ2v) is 13.0. The van der Waals surface area contributed by atoms with Crippen LogP contribution in [-0.2, 0) is 0 Å². The summed E-state index contributed by atoms with van der Waals surface area (Å²) >= 11 is 0. The Morgan fingerprint density at radius 3 is 1.67 bits per heavy atom. The van der Waals surface area contributed by atoms with Crippen LogP contribution in [0.5, 0.6) is 0 Å². The molecule has 0 spiro atoms. The Bertz CT molecular complexity index is 3580. The predicted octanol–water partition coefficient (Wildman–Crippen LogP) is 14.4. The maximum atomic E-state index is 9.52. The van der Waals surface area contributed by atoms with Crippen molar-refractivity contribution in [2.45, 2.75) is 0 Å². The molecule has 11 rings (SSSR count). The van der Waals surface area contributed by atoms with Gasteiger partial charge in [-0.2, -0.15) is 0 Å². The van der Waals surface area contributed by atoms with E-state index in [2.05, 4.69) is 30.3 Å². The van der Waals surface area contributed by atoms with Crippen LogP contribution in [-0.4, -0.2) is 0 Å². The van der Waals surface area contributed by atoms with E-state index in [1.807, 2.05) is 103 Å². The van der Waals surface area contributed by atoms with Crippen LogP contribution in [0.25, 0.3) is 109 Å². The molecule has 0 atom stereocenters. The van der Waals surface area contributed by atoms with Gasteiger partial charge in [-0.3, -0.25) is 0 Å². The van der Waals surface area contributed by atoms with Gasteiger partial charge in [-0.25, -0.2) is 0 Å². The average molecular weight is 655 g/mol. The lowest BCUT2D eigenvalue weighted by Crippen LogP contribution is -1.92. The van der Waals surface area contributed by atoms with E-state index in [0.29, 0.717) is 27.8 Å². The van der Waals surface area contributed by atoms with Crippen molar-refractivity contribution in [2.24, 2.45) is 0 Å². The van der Waals surface area contributed by atoms with Gasteiger partial charge in [-0.15, -0.1) is 0 Å². The van der Waals surface area contributed by atoms with Crippen LogP contribution in [0, 0.1) is 0 Å². The molecule has 0 unspecified atom stereocenters. The van der Waals surface area contributed by atoms with Crippen LogP contribution < -0.4 is 0 Å². The third kappa shape index (κ3) is 4.22. The van der Waals surface area contributed by atoms with Gasteiger partial charge < -0.3 is 4.42 Å². The first-order chi connectivity index (χ1) is 28.6. The molecule has 0 aliphatic rings. The van der Waals surface area contributed by atoms with Gasteiger partial charge in [0.05, 0.1) is 11.0 Å². The van der Waals surface area contributed by atoms with Gasteiger partial charge in [-0.05, 0) is 118 Å². The molecule has 0 saturated carbocycles. The first-order valence-corrected chi connectivity index (χ1v) is 16.9. The fourth-order valence-electron chi connectivity index (χ4n) is 8.03. The van der Waals surface area contributed by atoms with Crippen LogP contribution in [0.3, 0.4) is 0 Å². The lowest BCUT2D eigenvalue weighted by molar-refractivity contribution is 0.669. The number of fused-ring (bicyclic) bond motifs is 9.